The molecule has 0 atom stereocenters. The van der Waals surface area contributed by atoms with E-state index in [1.54, 1.807) is 48.3 Å². The predicted molar refractivity (Wildman–Crippen MR) is 147 cm³/mol. The van der Waals surface area contributed by atoms with E-state index in [-0.39, 0.29) is 17.5 Å². The van der Waals surface area contributed by atoms with E-state index in [2.05, 4.69) is 9.72 Å². The summed E-state index contributed by atoms with van der Waals surface area (Å²) < 4.78 is 9.67. The molecule has 0 fully saturated rings. The molecule has 0 aliphatic carbocycles. The van der Waals surface area contributed by atoms with E-state index < -0.39 is 6.16 Å². The normalized spacial score (nSPS) is 11.6. The van der Waals surface area contributed by atoms with Gasteiger partial charge in [0.2, 0.25) is 0 Å². The third kappa shape index (κ3) is 6.01. The van der Waals surface area contributed by atoms with Gasteiger partial charge in [0.15, 0.2) is 5.88 Å². The number of benzene rings is 3. The maximum absolute atomic E-state index is 13.0. The molecule has 2 N–H and O–H groups in total. The van der Waals surface area contributed by atoms with Gasteiger partial charge < -0.3 is 29.4 Å². The number of rotatable bonds is 8. The van der Waals surface area contributed by atoms with E-state index in [9.17, 15) is 14.7 Å². The highest BCUT2D eigenvalue weighted by atomic mass is 16.7. The van der Waals surface area contributed by atoms with Gasteiger partial charge in [0.1, 0.15) is 5.75 Å². The number of hydrogen-bond acceptors (Lipinski definition) is 7. The molecule has 9 heteroatoms. The highest BCUT2D eigenvalue weighted by Crippen LogP contribution is 2.33. The Kier molecular flexibility index (Phi) is 8.08. The molecule has 0 spiro atoms. The maximum atomic E-state index is 13.0. The Bertz CT molecular complexity index is 1480. The van der Waals surface area contributed by atoms with Gasteiger partial charge in [-0.2, -0.15) is 0 Å². The van der Waals surface area contributed by atoms with Gasteiger partial charge >= 0.3 is 6.16 Å². The van der Waals surface area contributed by atoms with Crippen LogP contribution in [0.4, 0.5) is 10.5 Å². The Morgan fingerprint density at radius 1 is 0.921 bits per heavy atom. The molecule has 4 rings (SSSR count). The fourth-order valence-corrected chi connectivity index (χ4v) is 3.97. The minimum atomic E-state index is -0.839. The number of H-pyrrole nitrogens is 1. The maximum Gasteiger partial charge on any atom is 0.513 e. The molecule has 0 saturated heterocycles. The van der Waals surface area contributed by atoms with E-state index in [1.165, 1.54) is 7.11 Å². The molecular formula is C29H30N4O5. The monoisotopic (exact) mass is 514 g/mol. The van der Waals surface area contributed by atoms with Gasteiger partial charge in [-0.1, -0.05) is 36.4 Å². The van der Waals surface area contributed by atoms with Crippen molar-refractivity contribution in [2.45, 2.75) is 0 Å². The summed E-state index contributed by atoms with van der Waals surface area (Å²) in [6.45, 7) is 1.35. The third-order valence-electron chi connectivity index (χ3n) is 5.97. The Morgan fingerprint density at radius 3 is 2.37 bits per heavy atom. The van der Waals surface area contributed by atoms with Crippen molar-refractivity contribution in [1.82, 2.24) is 14.8 Å². The van der Waals surface area contributed by atoms with Crippen LogP contribution in [-0.4, -0.2) is 79.0 Å². The number of nitrogens with zero attached hydrogens (tertiary/aromatic N) is 3. The summed E-state index contributed by atoms with van der Waals surface area (Å²) in [5.41, 5.74) is 3.41. The molecule has 0 radical (unpaired) electrons. The lowest BCUT2D eigenvalue weighted by Gasteiger charge is -2.19. The van der Waals surface area contributed by atoms with Gasteiger partial charge in [-0.05, 0) is 44.4 Å². The SMILES string of the molecule is COC(=O)Oc1ccc2c(C(=Nc3cccc(C(=O)N(C)CCN(C)C)c3)c3ccccc3)c(O)[nH]c2c1. The van der Waals surface area contributed by atoms with Crippen LogP contribution in [0.5, 0.6) is 11.6 Å². The second-order valence-electron chi connectivity index (χ2n) is 9.02. The van der Waals surface area contributed by atoms with Gasteiger partial charge in [0.25, 0.3) is 5.91 Å². The molecule has 1 amide bonds. The molecular weight excluding hydrogens is 484 g/mol. The molecule has 0 aliphatic heterocycles. The first-order chi connectivity index (χ1) is 18.3. The molecule has 1 heterocycles. The lowest BCUT2D eigenvalue weighted by molar-refractivity contribution is 0.0786. The van der Waals surface area contributed by atoms with E-state index >= 15 is 0 Å². The number of carbonyl (C=O) groups is 2. The highest BCUT2D eigenvalue weighted by molar-refractivity contribution is 6.22. The zero-order chi connectivity index (χ0) is 27.2. The van der Waals surface area contributed by atoms with Crippen LogP contribution in [-0.2, 0) is 4.74 Å². The summed E-state index contributed by atoms with van der Waals surface area (Å²) >= 11 is 0. The molecule has 0 aliphatic rings. The van der Waals surface area contributed by atoms with Crippen LogP contribution in [0, 0.1) is 0 Å². The number of aromatic hydroxyl groups is 1. The molecule has 3 aromatic carbocycles. The van der Waals surface area contributed by atoms with Gasteiger partial charge in [-0.15, -0.1) is 0 Å². The third-order valence-corrected chi connectivity index (χ3v) is 5.97. The number of carbonyl (C=O) groups excluding carboxylic acids is 2. The van der Waals surface area contributed by atoms with Crippen LogP contribution in [0.2, 0.25) is 0 Å². The highest BCUT2D eigenvalue weighted by Gasteiger charge is 2.20. The van der Waals surface area contributed by atoms with E-state index in [1.807, 2.05) is 55.4 Å². The number of likely N-dealkylation sites (N-methyl/N-ethyl adjacent to an activating group) is 2. The fourth-order valence-electron chi connectivity index (χ4n) is 3.97. The summed E-state index contributed by atoms with van der Waals surface area (Å²) in [4.78, 5) is 36.1. The van der Waals surface area contributed by atoms with Crippen LogP contribution < -0.4 is 4.74 Å². The van der Waals surface area contributed by atoms with E-state index in [0.717, 1.165) is 12.1 Å². The molecule has 196 valence electrons. The lowest BCUT2D eigenvalue weighted by Crippen LogP contribution is -2.33. The Balaban J connectivity index is 1.77. The van der Waals surface area contributed by atoms with E-state index in [4.69, 9.17) is 9.73 Å². The Morgan fingerprint density at radius 2 is 1.66 bits per heavy atom. The van der Waals surface area contributed by atoms with Crippen LogP contribution in [0.25, 0.3) is 10.9 Å². The molecule has 0 saturated carbocycles. The number of hydrogen-bond donors (Lipinski definition) is 2. The smallest absolute Gasteiger partial charge is 0.494 e. The van der Waals surface area contributed by atoms with Crippen molar-refractivity contribution in [3.8, 4) is 11.6 Å². The number of aliphatic imine (C=N–C) groups is 1. The minimum Gasteiger partial charge on any atom is -0.494 e. The van der Waals surface area contributed by atoms with Crippen molar-refractivity contribution in [3.63, 3.8) is 0 Å². The van der Waals surface area contributed by atoms with Crippen molar-refractivity contribution in [2.24, 2.45) is 4.99 Å². The fraction of sp³-hybridized carbons (Fsp3) is 0.207. The number of aromatic nitrogens is 1. The van der Waals surface area contributed by atoms with Crippen molar-refractivity contribution in [3.05, 3.63) is 89.5 Å². The average Bonchev–Trinajstić information content (AvgIpc) is 3.25. The van der Waals surface area contributed by atoms with Crippen molar-refractivity contribution < 1.29 is 24.2 Å². The molecule has 9 nitrogen and oxygen atoms in total. The van der Waals surface area contributed by atoms with Gasteiger partial charge in [-0.25, -0.2) is 9.79 Å². The predicted octanol–water partition coefficient (Wildman–Crippen LogP) is 4.82. The number of fused-ring (bicyclic) bond motifs is 1. The second-order valence-corrected chi connectivity index (χ2v) is 9.02. The lowest BCUT2D eigenvalue weighted by atomic mass is 10.0. The summed E-state index contributed by atoms with van der Waals surface area (Å²) in [5.74, 6) is 0.0756. The molecule has 1 aromatic heterocycles. The average molecular weight is 515 g/mol. The summed E-state index contributed by atoms with van der Waals surface area (Å²) in [7, 11) is 6.93. The molecule has 0 bridgehead atoms. The Hall–Kier alpha value is -4.63. The van der Waals surface area contributed by atoms with Crippen molar-refractivity contribution in [1.29, 1.82) is 0 Å². The topological polar surface area (TPSA) is 107 Å². The van der Waals surface area contributed by atoms with Gasteiger partial charge in [0.05, 0.1) is 29.6 Å². The largest absolute Gasteiger partial charge is 0.513 e. The van der Waals surface area contributed by atoms with Gasteiger partial charge in [0, 0.05) is 42.7 Å². The summed E-state index contributed by atoms with van der Waals surface area (Å²) in [6.07, 6.45) is -0.839. The second kappa shape index (κ2) is 11.6. The quantitative estimate of drug-likeness (QED) is 0.198. The van der Waals surface area contributed by atoms with Crippen LogP contribution in [0.15, 0.2) is 77.8 Å². The minimum absolute atomic E-state index is 0.0894. The zero-order valence-electron chi connectivity index (χ0n) is 21.8. The number of nitrogens with one attached hydrogen (secondary N) is 1. The standard InChI is InChI=1S/C29H30N4O5/c1-32(2)15-16-33(3)28(35)20-11-8-12-21(17-20)30-26(19-9-6-5-7-10-19)25-23-14-13-22(38-29(36)37-4)18-24(23)31-27(25)34/h5-14,17-18,31,34H,15-16H2,1-4H3. The first-order valence-corrected chi connectivity index (χ1v) is 12.0. The number of methoxy groups -OCH3 is 1. The first-order valence-electron chi connectivity index (χ1n) is 12.0. The number of ether oxygens (including phenoxy) is 2. The van der Waals surface area contributed by atoms with Crippen LogP contribution in [0.3, 0.4) is 0 Å². The van der Waals surface area contributed by atoms with Crippen LogP contribution in [0.1, 0.15) is 21.5 Å². The molecule has 38 heavy (non-hydrogen) atoms. The summed E-state index contributed by atoms with van der Waals surface area (Å²) in [5, 5.41) is 11.6. The summed E-state index contributed by atoms with van der Waals surface area (Å²) in [6, 6.07) is 21.5. The molecule has 0 unspecified atom stereocenters. The van der Waals surface area contributed by atoms with Crippen molar-refractivity contribution >= 4 is 34.4 Å². The first kappa shape index (κ1) is 26.4. The number of amides is 1. The number of aromatic amines is 1. The zero-order valence-corrected chi connectivity index (χ0v) is 21.8. The van der Waals surface area contributed by atoms with Crippen LogP contribution >= 0.6 is 0 Å². The molecule has 4 aromatic rings. The van der Waals surface area contributed by atoms with Gasteiger partial charge in [-0.3, -0.25) is 4.79 Å². The van der Waals surface area contributed by atoms with E-state index in [0.29, 0.717) is 40.0 Å². The van der Waals surface area contributed by atoms with Crippen molar-refractivity contribution in [2.75, 3.05) is 41.3 Å². The Labute approximate surface area is 220 Å².